The second kappa shape index (κ2) is 10.7. The van der Waals surface area contributed by atoms with Crippen LogP contribution in [0.15, 0.2) is 34.8 Å². The van der Waals surface area contributed by atoms with Gasteiger partial charge in [0.15, 0.2) is 0 Å². The number of pyridine rings is 1. The van der Waals surface area contributed by atoms with Gasteiger partial charge in [-0.2, -0.15) is 10.2 Å². The predicted octanol–water partition coefficient (Wildman–Crippen LogP) is 5.56. The Labute approximate surface area is 210 Å². The molecule has 190 valence electrons. The summed E-state index contributed by atoms with van der Waals surface area (Å²) >= 11 is 0. The third kappa shape index (κ3) is 5.19. The zero-order chi connectivity index (χ0) is 23.6. The third-order valence-electron chi connectivity index (χ3n) is 10.1. The van der Waals surface area contributed by atoms with E-state index >= 15 is 0 Å². The molecule has 0 bridgehead atoms. The zero-order valence-electron chi connectivity index (χ0n) is 21.2. The maximum atomic E-state index is 13.4. The second-order valence-corrected chi connectivity index (χ2v) is 12.2. The van der Waals surface area contributed by atoms with Gasteiger partial charge in [0.05, 0.1) is 6.04 Å². The monoisotopic (exact) mass is 477 g/mol. The smallest absolute Gasteiger partial charge is 0.223 e. The van der Waals surface area contributed by atoms with Gasteiger partial charge in [-0.25, -0.2) is 0 Å². The molecular weight excluding hydrogens is 434 g/mol. The van der Waals surface area contributed by atoms with Gasteiger partial charge in [0, 0.05) is 43.4 Å². The molecule has 0 radical (unpaired) electrons. The fourth-order valence-corrected chi connectivity index (χ4v) is 8.27. The van der Waals surface area contributed by atoms with Gasteiger partial charge in [-0.05, 0) is 93.4 Å². The Morgan fingerprint density at radius 1 is 0.914 bits per heavy atom. The number of carbonyl (C=O) groups is 1. The number of nitrogens with zero attached hydrogens (tertiary/aromatic N) is 4. The highest BCUT2D eigenvalue weighted by Gasteiger charge is 2.43. The van der Waals surface area contributed by atoms with Crippen molar-refractivity contribution in [2.45, 2.75) is 95.2 Å². The van der Waals surface area contributed by atoms with Crippen LogP contribution in [0.2, 0.25) is 0 Å². The van der Waals surface area contributed by atoms with E-state index in [-0.39, 0.29) is 23.9 Å². The summed E-state index contributed by atoms with van der Waals surface area (Å²) in [4.78, 5) is 20.3. The fraction of sp³-hybridized carbons (Fsp3) is 0.793. The molecule has 5 aliphatic rings. The van der Waals surface area contributed by atoms with Crippen LogP contribution in [-0.4, -0.2) is 47.5 Å². The van der Waals surface area contributed by atoms with E-state index in [1.807, 2.05) is 12.4 Å². The molecule has 3 heterocycles. The topological polar surface area (TPSA) is 70.0 Å². The van der Waals surface area contributed by atoms with Gasteiger partial charge in [0.2, 0.25) is 5.91 Å². The van der Waals surface area contributed by atoms with Crippen LogP contribution in [0.3, 0.4) is 0 Å². The number of hydrogen-bond acceptors (Lipinski definition) is 5. The minimum Gasteiger partial charge on any atom is -0.352 e. The Morgan fingerprint density at radius 2 is 1.77 bits per heavy atom. The van der Waals surface area contributed by atoms with E-state index < -0.39 is 0 Å². The molecule has 1 amide bonds. The van der Waals surface area contributed by atoms with Gasteiger partial charge in [-0.15, -0.1) is 0 Å². The summed E-state index contributed by atoms with van der Waals surface area (Å²) < 4.78 is 0. The molecule has 3 aliphatic carbocycles. The maximum Gasteiger partial charge on any atom is 0.223 e. The van der Waals surface area contributed by atoms with Crippen molar-refractivity contribution in [1.29, 1.82) is 0 Å². The number of rotatable bonds is 5. The van der Waals surface area contributed by atoms with Crippen molar-refractivity contribution in [3.63, 3.8) is 0 Å². The van der Waals surface area contributed by atoms with Crippen molar-refractivity contribution in [2.75, 3.05) is 19.6 Å². The van der Waals surface area contributed by atoms with Crippen LogP contribution in [0.5, 0.6) is 0 Å². The minimum atomic E-state index is 0.0852. The first-order chi connectivity index (χ1) is 17.2. The second-order valence-electron chi connectivity index (χ2n) is 12.2. The first kappa shape index (κ1) is 23.6. The molecule has 1 aromatic rings. The number of likely N-dealkylation sites (tertiary alicyclic amines) is 1. The molecule has 0 spiro atoms. The van der Waals surface area contributed by atoms with E-state index in [1.165, 1.54) is 70.0 Å². The molecule has 0 aromatic carbocycles. The first-order valence-electron chi connectivity index (χ1n) is 14.6. The number of nitrogens with one attached hydrogen (secondary N) is 1. The van der Waals surface area contributed by atoms with Crippen molar-refractivity contribution >= 4 is 5.91 Å². The van der Waals surface area contributed by atoms with Crippen LogP contribution in [0.4, 0.5) is 0 Å². The number of amides is 1. The highest BCUT2D eigenvalue weighted by atomic mass is 16.2. The van der Waals surface area contributed by atoms with Gasteiger partial charge in [-0.3, -0.25) is 9.78 Å². The van der Waals surface area contributed by atoms with Crippen molar-refractivity contribution in [3.05, 3.63) is 30.1 Å². The Balaban J connectivity index is 1.04. The molecule has 6 heteroatoms. The van der Waals surface area contributed by atoms with E-state index in [4.69, 9.17) is 0 Å². The van der Waals surface area contributed by atoms with Gasteiger partial charge in [0.25, 0.3) is 0 Å². The summed E-state index contributed by atoms with van der Waals surface area (Å²) in [5.41, 5.74) is 1.18. The van der Waals surface area contributed by atoms with Crippen molar-refractivity contribution in [1.82, 2.24) is 15.2 Å². The predicted molar refractivity (Wildman–Crippen MR) is 137 cm³/mol. The largest absolute Gasteiger partial charge is 0.352 e. The van der Waals surface area contributed by atoms with Gasteiger partial charge < -0.3 is 10.2 Å². The summed E-state index contributed by atoms with van der Waals surface area (Å²) in [5, 5.41) is 12.7. The average molecular weight is 478 g/mol. The molecule has 6 nitrogen and oxygen atoms in total. The van der Waals surface area contributed by atoms with Crippen molar-refractivity contribution in [3.8, 4) is 0 Å². The van der Waals surface area contributed by atoms with E-state index in [2.05, 4.69) is 37.6 Å². The quantitative estimate of drug-likeness (QED) is 0.603. The number of azo groups is 1. The van der Waals surface area contributed by atoms with E-state index in [9.17, 15) is 4.79 Å². The molecule has 1 aromatic heterocycles. The summed E-state index contributed by atoms with van der Waals surface area (Å²) in [6, 6.07) is 4.77. The van der Waals surface area contributed by atoms with Crippen molar-refractivity contribution in [2.24, 2.45) is 39.8 Å². The molecule has 35 heavy (non-hydrogen) atoms. The minimum absolute atomic E-state index is 0.0852. The van der Waals surface area contributed by atoms with Gasteiger partial charge >= 0.3 is 0 Å². The average Bonchev–Trinajstić information content (AvgIpc) is 3.43. The van der Waals surface area contributed by atoms with E-state index in [1.54, 1.807) is 0 Å². The third-order valence-corrected chi connectivity index (χ3v) is 10.1. The maximum absolute atomic E-state index is 13.4. The number of fused-ring (bicyclic) bond motifs is 2. The Morgan fingerprint density at radius 3 is 2.69 bits per heavy atom. The zero-order valence-corrected chi connectivity index (χ0v) is 21.2. The van der Waals surface area contributed by atoms with Crippen LogP contribution in [-0.2, 0) is 4.79 Å². The summed E-state index contributed by atoms with van der Waals surface area (Å²) in [7, 11) is 0. The lowest BCUT2D eigenvalue weighted by atomic mass is 9.74. The molecule has 3 saturated carbocycles. The SMILES string of the molecule is O=C(NC1CCCCN(CC2CCC3CCCCC32)C1)C1CCC2N=NC(c3ccncc3)C2C1. The lowest BCUT2D eigenvalue weighted by molar-refractivity contribution is -0.127. The molecule has 6 rings (SSSR count). The highest BCUT2D eigenvalue weighted by Crippen LogP contribution is 2.47. The summed E-state index contributed by atoms with van der Waals surface area (Å²) in [6.07, 6.45) is 18.9. The van der Waals surface area contributed by atoms with Crippen molar-refractivity contribution < 1.29 is 4.79 Å². The molecule has 8 unspecified atom stereocenters. The molecular formula is C29H43N5O. The standard InChI is InChI=1S/C29H43N5O/c35-29(22-10-11-27-26(17-22)28(33-32-27)21-12-14-30-15-13-21)31-24-6-3-4-16-34(19-24)18-23-9-8-20-5-1-2-7-25(20)23/h12-15,20,22-28H,1-11,16-19H2,(H,31,35). The van der Waals surface area contributed by atoms with E-state index in [0.717, 1.165) is 50.0 Å². The van der Waals surface area contributed by atoms with Gasteiger partial charge in [-0.1, -0.05) is 25.7 Å². The Kier molecular flexibility index (Phi) is 7.18. The first-order valence-corrected chi connectivity index (χ1v) is 14.6. The normalized spacial score (nSPS) is 39.5. The van der Waals surface area contributed by atoms with Crippen LogP contribution in [0.1, 0.15) is 88.7 Å². The number of hydrogen-bond donors (Lipinski definition) is 1. The summed E-state index contributed by atoms with van der Waals surface area (Å²) in [5.74, 6) is 3.60. The summed E-state index contributed by atoms with van der Waals surface area (Å²) in [6.45, 7) is 3.52. The lowest BCUT2D eigenvalue weighted by Crippen LogP contribution is -2.47. The number of carbonyl (C=O) groups excluding carboxylic acids is 1. The highest BCUT2D eigenvalue weighted by molar-refractivity contribution is 5.79. The molecule has 8 atom stereocenters. The van der Waals surface area contributed by atoms with Crippen LogP contribution >= 0.6 is 0 Å². The Hall–Kier alpha value is -1.82. The molecule has 1 saturated heterocycles. The van der Waals surface area contributed by atoms with Crippen LogP contribution in [0.25, 0.3) is 0 Å². The number of aromatic nitrogens is 1. The molecule has 2 aliphatic heterocycles. The van der Waals surface area contributed by atoms with Crippen LogP contribution < -0.4 is 5.32 Å². The van der Waals surface area contributed by atoms with Gasteiger partial charge in [0.1, 0.15) is 6.04 Å². The van der Waals surface area contributed by atoms with E-state index in [0.29, 0.717) is 12.0 Å². The van der Waals surface area contributed by atoms with Crippen LogP contribution in [0, 0.1) is 29.6 Å². The lowest BCUT2D eigenvalue weighted by Gasteiger charge is -2.34. The molecule has 1 N–H and O–H groups in total. The Bertz CT molecular complexity index is 890. The molecule has 4 fully saturated rings. The fourth-order valence-electron chi connectivity index (χ4n) is 8.27.